The summed E-state index contributed by atoms with van der Waals surface area (Å²) >= 11 is 3.43. The standard InChI is InChI=1S/C10H15BrN2OS/c1-7-5-10(8(11)6-9(7)12)13-3-4-15(2)14/h5-6,13H,3-4,12H2,1-2H3. The number of anilines is 2. The number of benzene rings is 1. The fourth-order valence-corrected chi connectivity index (χ4v) is 2.05. The molecule has 1 aromatic rings. The van der Waals surface area contributed by atoms with E-state index < -0.39 is 10.8 Å². The van der Waals surface area contributed by atoms with E-state index in [1.54, 1.807) is 6.26 Å². The molecule has 3 nitrogen and oxygen atoms in total. The van der Waals surface area contributed by atoms with Crippen LogP contribution < -0.4 is 11.1 Å². The van der Waals surface area contributed by atoms with Crippen LogP contribution in [-0.2, 0) is 10.8 Å². The first-order valence-electron chi connectivity index (χ1n) is 4.60. The number of halogens is 1. The van der Waals surface area contributed by atoms with Crippen molar-refractivity contribution in [2.24, 2.45) is 0 Å². The van der Waals surface area contributed by atoms with Crippen LogP contribution in [0.1, 0.15) is 5.56 Å². The maximum absolute atomic E-state index is 10.9. The number of rotatable bonds is 4. The Kier molecular flexibility index (Phi) is 4.60. The highest BCUT2D eigenvalue weighted by molar-refractivity contribution is 9.10. The Bertz CT molecular complexity index is 382. The van der Waals surface area contributed by atoms with Crippen LogP contribution in [-0.4, -0.2) is 22.8 Å². The van der Waals surface area contributed by atoms with Gasteiger partial charge in [-0.3, -0.25) is 4.21 Å². The van der Waals surface area contributed by atoms with Crippen LogP contribution in [0.3, 0.4) is 0 Å². The summed E-state index contributed by atoms with van der Waals surface area (Å²) < 4.78 is 11.8. The number of hydrogen-bond acceptors (Lipinski definition) is 3. The number of nitrogens with one attached hydrogen (secondary N) is 1. The molecule has 0 aliphatic carbocycles. The molecule has 0 saturated heterocycles. The second-order valence-electron chi connectivity index (χ2n) is 3.39. The summed E-state index contributed by atoms with van der Waals surface area (Å²) in [6.45, 7) is 2.66. The zero-order valence-corrected chi connectivity index (χ0v) is 11.2. The minimum atomic E-state index is -0.758. The third-order valence-corrected chi connectivity index (χ3v) is 3.50. The maximum atomic E-state index is 10.9. The van der Waals surface area contributed by atoms with Crippen LogP contribution in [0.2, 0.25) is 0 Å². The largest absolute Gasteiger partial charge is 0.398 e. The van der Waals surface area contributed by atoms with Gasteiger partial charge in [-0.15, -0.1) is 0 Å². The quantitative estimate of drug-likeness (QED) is 0.836. The Morgan fingerprint density at radius 3 is 2.80 bits per heavy atom. The molecule has 0 aliphatic rings. The van der Waals surface area contributed by atoms with Crippen molar-refractivity contribution in [3.05, 3.63) is 22.2 Å². The number of hydrogen-bond donors (Lipinski definition) is 2. The molecule has 0 radical (unpaired) electrons. The van der Waals surface area contributed by atoms with Crippen molar-refractivity contribution in [1.82, 2.24) is 0 Å². The first-order valence-corrected chi connectivity index (χ1v) is 7.12. The molecule has 0 spiro atoms. The molecule has 3 N–H and O–H groups in total. The fourth-order valence-electron chi connectivity index (χ4n) is 1.16. The topological polar surface area (TPSA) is 55.1 Å². The van der Waals surface area contributed by atoms with Gasteiger partial charge in [-0.05, 0) is 40.5 Å². The van der Waals surface area contributed by atoms with Crippen molar-refractivity contribution >= 4 is 38.1 Å². The first kappa shape index (κ1) is 12.5. The van der Waals surface area contributed by atoms with E-state index in [2.05, 4.69) is 21.2 Å². The Morgan fingerprint density at radius 2 is 2.20 bits per heavy atom. The van der Waals surface area contributed by atoms with Crippen molar-refractivity contribution in [2.45, 2.75) is 6.92 Å². The molecular weight excluding hydrogens is 276 g/mol. The van der Waals surface area contributed by atoms with E-state index in [-0.39, 0.29) is 0 Å². The van der Waals surface area contributed by atoms with Crippen molar-refractivity contribution in [1.29, 1.82) is 0 Å². The summed E-state index contributed by atoms with van der Waals surface area (Å²) in [6.07, 6.45) is 1.70. The fraction of sp³-hybridized carbons (Fsp3) is 0.400. The van der Waals surface area contributed by atoms with Crippen LogP contribution in [0.25, 0.3) is 0 Å². The third kappa shape index (κ3) is 3.83. The molecular formula is C10H15BrN2OS. The van der Waals surface area contributed by atoms with Crippen molar-refractivity contribution < 1.29 is 4.21 Å². The maximum Gasteiger partial charge on any atom is 0.0489 e. The van der Waals surface area contributed by atoms with Crippen molar-refractivity contribution in [3.8, 4) is 0 Å². The summed E-state index contributed by atoms with van der Waals surface area (Å²) in [5.74, 6) is 0.649. The van der Waals surface area contributed by atoms with E-state index in [1.807, 2.05) is 19.1 Å². The molecule has 0 heterocycles. The predicted octanol–water partition coefficient (Wildman–Crippen LogP) is 2.13. The minimum Gasteiger partial charge on any atom is -0.398 e. The Hall–Kier alpha value is -0.550. The highest BCUT2D eigenvalue weighted by Gasteiger charge is 2.03. The molecule has 1 atom stereocenters. The molecule has 1 aromatic carbocycles. The molecule has 15 heavy (non-hydrogen) atoms. The highest BCUT2D eigenvalue weighted by atomic mass is 79.9. The average molecular weight is 291 g/mol. The monoisotopic (exact) mass is 290 g/mol. The van der Waals surface area contributed by atoms with E-state index in [0.717, 1.165) is 21.4 Å². The van der Waals surface area contributed by atoms with Gasteiger partial charge in [0.05, 0.1) is 0 Å². The molecule has 84 valence electrons. The number of nitrogens with two attached hydrogens (primary N) is 1. The summed E-state index contributed by atoms with van der Waals surface area (Å²) in [5.41, 5.74) is 8.56. The molecule has 0 amide bonds. The number of aryl methyl sites for hydroxylation is 1. The molecule has 1 rings (SSSR count). The van der Waals surface area contributed by atoms with Gasteiger partial charge in [-0.1, -0.05) is 0 Å². The lowest BCUT2D eigenvalue weighted by molar-refractivity contribution is 0.687. The lowest BCUT2D eigenvalue weighted by Crippen LogP contribution is -2.10. The second kappa shape index (κ2) is 5.51. The van der Waals surface area contributed by atoms with Crippen LogP contribution in [0.15, 0.2) is 16.6 Å². The van der Waals surface area contributed by atoms with Gasteiger partial charge in [-0.2, -0.15) is 0 Å². The van der Waals surface area contributed by atoms with Gasteiger partial charge >= 0.3 is 0 Å². The third-order valence-electron chi connectivity index (χ3n) is 2.06. The predicted molar refractivity (Wildman–Crippen MR) is 70.7 cm³/mol. The van der Waals surface area contributed by atoms with Crippen LogP contribution in [0, 0.1) is 6.92 Å². The van der Waals surface area contributed by atoms with Crippen LogP contribution in [0.5, 0.6) is 0 Å². The summed E-state index contributed by atoms with van der Waals surface area (Å²) in [5, 5.41) is 3.22. The van der Waals surface area contributed by atoms with E-state index >= 15 is 0 Å². The summed E-state index contributed by atoms with van der Waals surface area (Å²) in [4.78, 5) is 0. The van der Waals surface area contributed by atoms with Gasteiger partial charge in [0, 0.05) is 45.2 Å². The SMILES string of the molecule is Cc1cc(NCCS(C)=O)c(Br)cc1N. The Morgan fingerprint density at radius 1 is 1.53 bits per heavy atom. The lowest BCUT2D eigenvalue weighted by Gasteiger charge is -2.10. The Labute approximate surface area is 101 Å². The van der Waals surface area contributed by atoms with E-state index in [9.17, 15) is 4.21 Å². The van der Waals surface area contributed by atoms with Crippen LogP contribution >= 0.6 is 15.9 Å². The van der Waals surface area contributed by atoms with Gasteiger partial charge in [-0.25, -0.2) is 0 Å². The Balaban J connectivity index is 2.69. The normalized spacial score (nSPS) is 12.5. The van der Waals surface area contributed by atoms with Gasteiger partial charge in [0.2, 0.25) is 0 Å². The first-order chi connectivity index (χ1) is 7.00. The molecule has 0 aromatic heterocycles. The zero-order valence-electron chi connectivity index (χ0n) is 8.84. The zero-order chi connectivity index (χ0) is 11.4. The van der Waals surface area contributed by atoms with E-state index in [4.69, 9.17) is 5.73 Å². The van der Waals surface area contributed by atoms with Gasteiger partial charge in [0.25, 0.3) is 0 Å². The van der Waals surface area contributed by atoms with Crippen LogP contribution in [0.4, 0.5) is 11.4 Å². The smallest absolute Gasteiger partial charge is 0.0489 e. The summed E-state index contributed by atoms with van der Waals surface area (Å²) in [7, 11) is -0.758. The minimum absolute atomic E-state index is 0.649. The van der Waals surface area contributed by atoms with Gasteiger partial charge < -0.3 is 11.1 Å². The second-order valence-corrected chi connectivity index (χ2v) is 5.80. The lowest BCUT2D eigenvalue weighted by atomic mass is 10.2. The average Bonchev–Trinajstić information content (AvgIpc) is 2.13. The van der Waals surface area contributed by atoms with Gasteiger partial charge in [0.15, 0.2) is 0 Å². The highest BCUT2D eigenvalue weighted by Crippen LogP contribution is 2.27. The molecule has 0 fully saturated rings. The molecule has 0 bridgehead atoms. The van der Waals surface area contributed by atoms with E-state index in [0.29, 0.717) is 12.3 Å². The summed E-state index contributed by atoms with van der Waals surface area (Å²) in [6, 6.07) is 3.86. The molecule has 5 heteroatoms. The molecule has 0 saturated carbocycles. The van der Waals surface area contributed by atoms with Crippen molar-refractivity contribution in [3.63, 3.8) is 0 Å². The molecule has 1 unspecified atom stereocenters. The number of nitrogen functional groups attached to an aromatic ring is 1. The van der Waals surface area contributed by atoms with Gasteiger partial charge in [0.1, 0.15) is 0 Å². The van der Waals surface area contributed by atoms with E-state index in [1.165, 1.54) is 0 Å². The van der Waals surface area contributed by atoms with Crippen molar-refractivity contribution in [2.75, 3.05) is 29.6 Å². The molecule has 0 aliphatic heterocycles.